The Kier molecular flexibility index (Phi) is 8.41. The van der Waals surface area contributed by atoms with Crippen LogP contribution in [0.4, 0.5) is 5.69 Å². The average Bonchev–Trinajstić information content (AvgIpc) is 2.96. The fraction of sp³-hybridized carbons (Fsp3) is 0.0968. The molecule has 7 nitrogen and oxygen atoms in total. The highest BCUT2D eigenvalue weighted by molar-refractivity contribution is 6.15. The molecule has 0 saturated carbocycles. The molecule has 4 aromatic rings. The Morgan fingerprint density at radius 1 is 0.526 bits per heavy atom. The molecule has 0 aromatic heterocycles. The number of anilines is 1. The smallest absolute Gasteiger partial charge is 0.255 e. The first-order chi connectivity index (χ1) is 18.4. The van der Waals surface area contributed by atoms with Gasteiger partial charge < -0.3 is 16.0 Å². The van der Waals surface area contributed by atoms with Gasteiger partial charge in [-0.1, -0.05) is 66.2 Å². The highest BCUT2D eigenvalue weighted by atomic mass is 16.2. The van der Waals surface area contributed by atoms with Gasteiger partial charge in [-0.05, 0) is 49.4 Å². The summed E-state index contributed by atoms with van der Waals surface area (Å²) < 4.78 is 0. The highest BCUT2D eigenvalue weighted by Gasteiger charge is 2.17. The van der Waals surface area contributed by atoms with E-state index >= 15 is 0 Å². The fourth-order valence-corrected chi connectivity index (χ4v) is 3.79. The molecule has 0 bridgehead atoms. The molecule has 0 atom stereocenters. The number of ketones is 1. The summed E-state index contributed by atoms with van der Waals surface area (Å²) in [6.07, 6.45) is 0. The number of hydrogen-bond donors (Lipinski definition) is 3. The molecule has 38 heavy (non-hydrogen) atoms. The van der Waals surface area contributed by atoms with E-state index in [2.05, 4.69) is 16.0 Å². The maximum atomic E-state index is 12.9. The van der Waals surface area contributed by atoms with E-state index < -0.39 is 5.91 Å². The molecule has 0 aliphatic rings. The molecular weight excluding hydrogens is 478 g/mol. The summed E-state index contributed by atoms with van der Waals surface area (Å²) in [5, 5.41) is 8.31. The fourth-order valence-electron chi connectivity index (χ4n) is 3.79. The van der Waals surface area contributed by atoms with Gasteiger partial charge in [-0.3, -0.25) is 19.2 Å². The predicted molar refractivity (Wildman–Crippen MR) is 147 cm³/mol. The molecule has 4 aromatic carbocycles. The molecule has 4 rings (SSSR count). The van der Waals surface area contributed by atoms with Gasteiger partial charge in [0, 0.05) is 41.0 Å². The van der Waals surface area contributed by atoms with Gasteiger partial charge >= 0.3 is 0 Å². The minimum Gasteiger partial charge on any atom is -0.350 e. The van der Waals surface area contributed by atoms with Crippen LogP contribution in [0.5, 0.6) is 0 Å². The first kappa shape index (κ1) is 26.0. The van der Waals surface area contributed by atoms with Gasteiger partial charge in [0.15, 0.2) is 5.78 Å². The summed E-state index contributed by atoms with van der Waals surface area (Å²) in [6.45, 7) is 2.34. The number of amides is 3. The van der Waals surface area contributed by atoms with Crippen molar-refractivity contribution >= 4 is 29.2 Å². The molecule has 0 spiro atoms. The van der Waals surface area contributed by atoms with E-state index in [0.29, 0.717) is 27.9 Å². The van der Waals surface area contributed by atoms with Crippen molar-refractivity contribution in [1.29, 1.82) is 0 Å². The Labute approximate surface area is 220 Å². The van der Waals surface area contributed by atoms with Crippen LogP contribution in [0.25, 0.3) is 0 Å². The molecule has 0 fully saturated rings. The summed E-state index contributed by atoms with van der Waals surface area (Å²) in [7, 11) is 0. The van der Waals surface area contributed by atoms with Gasteiger partial charge in [-0.15, -0.1) is 0 Å². The Bertz CT molecular complexity index is 1450. The summed E-state index contributed by atoms with van der Waals surface area (Å²) in [4.78, 5) is 50.5. The average molecular weight is 506 g/mol. The molecule has 0 aliphatic carbocycles. The molecule has 0 radical (unpaired) electrons. The van der Waals surface area contributed by atoms with Crippen molar-refractivity contribution in [1.82, 2.24) is 10.6 Å². The molecule has 0 aliphatic heterocycles. The van der Waals surface area contributed by atoms with Gasteiger partial charge in [-0.25, -0.2) is 0 Å². The van der Waals surface area contributed by atoms with Gasteiger partial charge in [0.05, 0.1) is 5.56 Å². The largest absolute Gasteiger partial charge is 0.350 e. The van der Waals surface area contributed by atoms with E-state index in [0.717, 1.165) is 5.56 Å². The predicted octanol–water partition coefficient (Wildman–Crippen LogP) is 4.64. The van der Waals surface area contributed by atoms with Crippen molar-refractivity contribution in [3.05, 3.63) is 137 Å². The SMILES string of the molecule is Cc1ccc(C(=O)Nc2ccc(C(=O)NCCNC(=O)c3ccccc3C(=O)c3ccccc3)cc2)cc1. The van der Waals surface area contributed by atoms with Gasteiger partial charge in [-0.2, -0.15) is 0 Å². The first-order valence-corrected chi connectivity index (χ1v) is 12.2. The number of rotatable bonds is 9. The minimum absolute atomic E-state index is 0.184. The summed E-state index contributed by atoms with van der Waals surface area (Å²) in [6, 6.07) is 29.2. The van der Waals surface area contributed by atoms with Gasteiger partial charge in [0.1, 0.15) is 0 Å². The number of aryl methyl sites for hydroxylation is 1. The highest BCUT2D eigenvalue weighted by Crippen LogP contribution is 2.15. The molecule has 0 unspecified atom stereocenters. The molecule has 0 heterocycles. The van der Waals surface area contributed by atoms with Crippen LogP contribution in [0.3, 0.4) is 0 Å². The van der Waals surface area contributed by atoms with Crippen LogP contribution in [0, 0.1) is 6.92 Å². The Hall–Kier alpha value is -5.04. The van der Waals surface area contributed by atoms with Crippen LogP contribution in [-0.4, -0.2) is 36.6 Å². The van der Waals surface area contributed by atoms with Crippen LogP contribution in [0.15, 0.2) is 103 Å². The zero-order chi connectivity index (χ0) is 26.9. The lowest BCUT2D eigenvalue weighted by Gasteiger charge is -2.11. The van der Waals surface area contributed by atoms with Crippen molar-refractivity contribution in [2.24, 2.45) is 0 Å². The van der Waals surface area contributed by atoms with Crippen molar-refractivity contribution in [2.75, 3.05) is 18.4 Å². The second-order valence-corrected chi connectivity index (χ2v) is 8.65. The topological polar surface area (TPSA) is 104 Å². The van der Waals surface area contributed by atoms with Crippen molar-refractivity contribution in [3.63, 3.8) is 0 Å². The standard InChI is InChI=1S/C31H27N3O4/c1-21-11-13-24(14-12-21)30(37)34-25-17-15-23(16-18-25)29(36)32-19-20-33-31(38)27-10-6-5-9-26(27)28(35)22-7-3-2-4-8-22/h2-18H,19-20H2,1H3,(H,32,36)(H,33,38)(H,34,37). The monoisotopic (exact) mass is 505 g/mol. The van der Waals surface area contributed by atoms with Crippen molar-refractivity contribution < 1.29 is 19.2 Å². The van der Waals surface area contributed by atoms with Gasteiger partial charge in [0.25, 0.3) is 17.7 Å². The zero-order valence-corrected chi connectivity index (χ0v) is 20.9. The quantitative estimate of drug-likeness (QED) is 0.228. The number of nitrogens with one attached hydrogen (secondary N) is 3. The lowest BCUT2D eigenvalue weighted by atomic mass is 9.98. The maximum absolute atomic E-state index is 12.9. The molecule has 0 saturated heterocycles. The zero-order valence-electron chi connectivity index (χ0n) is 20.9. The van der Waals surface area contributed by atoms with Crippen molar-refractivity contribution in [2.45, 2.75) is 6.92 Å². The van der Waals surface area contributed by atoms with E-state index in [9.17, 15) is 19.2 Å². The Balaban J connectivity index is 1.27. The summed E-state index contributed by atoms with van der Waals surface area (Å²) in [5.41, 5.74) is 3.70. The maximum Gasteiger partial charge on any atom is 0.255 e. The second-order valence-electron chi connectivity index (χ2n) is 8.65. The number of carbonyl (C=O) groups excluding carboxylic acids is 4. The number of benzene rings is 4. The molecule has 7 heteroatoms. The van der Waals surface area contributed by atoms with E-state index in [1.807, 2.05) is 25.1 Å². The van der Waals surface area contributed by atoms with Crippen LogP contribution < -0.4 is 16.0 Å². The van der Waals surface area contributed by atoms with E-state index in [-0.39, 0.29) is 36.3 Å². The number of hydrogen-bond acceptors (Lipinski definition) is 4. The van der Waals surface area contributed by atoms with E-state index in [4.69, 9.17) is 0 Å². The summed E-state index contributed by atoms with van der Waals surface area (Å²) in [5.74, 6) is -1.17. The van der Waals surface area contributed by atoms with Crippen LogP contribution >= 0.6 is 0 Å². The minimum atomic E-state index is -0.396. The van der Waals surface area contributed by atoms with E-state index in [1.165, 1.54) is 0 Å². The molecule has 3 N–H and O–H groups in total. The Morgan fingerprint density at radius 2 is 1.05 bits per heavy atom. The molecule has 190 valence electrons. The Morgan fingerprint density at radius 3 is 1.71 bits per heavy atom. The van der Waals surface area contributed by atoms with Crippen LogP contribution in [-0.2, 0) is 0 Å². The summed E-state index contributed by atoms with van der Waals surface area (Å²) >= 11 is 0. The first-order valence-electron chi connectivity index (χ1n) is 12.2. The molecule has 3 amide bonds. The molecular formula is C31H27N3O4. The third kappa shape index (κ3) is 6.59. The lowest BCUT2D eigenvalue weighted by Crippen LogP contribution is -2.35. The number of carbonyl (C=O) groups is 4. The lowest BCUT2D eigenvalue weighted by molar-refractivity contribution is 0.0924. The normalized spacial score (nSPS) is 10.3. The van der Waals surface area contributed by atoms with Crippen LogP contribution in [0.2, 0.25) is 0 Å². The third-order valence-electron chi connectivity index (χ3n) is 5.87. The van der Waals surface area contributed by atoms with Gasteiger partial charge in [0.2, 0.25) is 0 Å². The second kappa shape index (κ2) is 12.3. The van der Waals surface area contributed by atoms with E-state index in [1.54, 1.807) is 84.9 Å². The van der Waals surface area contributed by atoms with Crippen molar-refractivity contribution in [3.8, 4) is 0 Å². The van der Waals surface area contributed by atoms with Crippen LogP contribution in [0.1, 0.15) is 52.6 Å². The third-order valence-corrected chi connectivity index (χ3v) is 5.87.